The van der Waals surface area contributed by atoms with Gasteiger partial charge in [-0.1, -0.05) is 97.6 Å². The van der Waals surface area contributed by atoms with Crippen LogP contribution in [0.1, 0.15) is 24.5 Å². The molecule has 0 heterocycles. The molecule has 0 N–H and O–H groups in total. The average molecular weight is 348 g/mol. The normalized spacial score (nSPS) is 13.4. The summed E-state index contributed by atoms with van der Waals surface area (Å²) in [5.74, 6) is 0. The number of benzene rings is 3. The van der Waals surface area contributed by atoms with Gasteiger partial charge < -0.3 is 0 Å². The fourth-order valence-corrected chi connectivity index (χ4v) is 3.74. The zero-order valence-electron chi connectivity index (χ0n) is 15.8. The Balaban J connectivity index is 1.70. The molecule has 132 valence electrons. The van der Waals surface area contributed by atoms with Crippen molar-refractivity contribution < 1.29 is 0 Å². The summed E-state index contributed by atoms with van der Waals surface area (Å²) in [6.45, 7) is 10.2. The predicted molar refractivity (Wildman–Crippen MR) is 119 cm³/mol. The fraction of sp³-hybridized carbons (Fsp3) is 0.111. The minimum atomic E-state index is 1.03. The monoisotopic (exact) mass is 348 g/mol. The van der Waals surface area contributed by atoms with Crippen molar-refractivity contribution in [3.8, 4) is 11.1 Å². The van der Waals surface area contributed by atoms with Gasteiger partial charge in [-0.05, 0) is 63.9 Å². The summed E-state index contributed by atoms with van der Waals surface area (Å²) in [5, 5.41) is 2.60. The first-order valence-corrected chi connectivity index (χ1v) is 9.46. The second-order valence-corrected chi connectivity index (χ2v) is 7.31. The zero-order chi connectivity index (χ0) is 18.8. The van der Waals surface area contributed by atoms with Gasteiger partial charge in [0, 0.05) is 0 Å². The second-order valence-electron chi connectivity index (χ2n) is 7.31. The Kier molecular flexibility index (Phi) is 4.64. The largest absolute Gasteiger partial charge is 0.0961 e. The van der Waals surface area contributed by atoms with E-state index in [1.807, 2.05) is 13.0 Å². The van der Waals surface area contributed by atoms with E-state index in [2.05, 4.69) is 86.0 Å². The van der Waals surface area contributed by atoms with Crippen molar-refractivity contribution in [2.24, 2.45) is 0 Å². The van der Waals surface area contributed by atoms with Gasteiger partial charge in [-0.3, -0.25) is 0 Å². The molecule has 0 heteroatoms. The highest BCUT2D eigenvalue weighted by Crippen LogP contribution is 2.34. The van der Waals surface area contributed by atoms with Crippen molar-refractivity contribution >= 4 is 16.8 Å². The van der Waals surface area contributed by atoms with Crippen LogP contribution in [0.2, 0.25) is 0 Å². The smallest absolute Gasteiger partial charge is 0.0105 e. The molecule has 3 aromatic rings. The van der Waals surface area contributed by atoms with Gasteiger partial charge in [0.15, 0.2) is 0 Å². The number of fused-ring (bicyclic) bond motifs is 2. The van der Waals surface area contributed by atoms with Crippen molar-refractivity contribution in [3.05, 3.63) is 114 Å². The molecule has 0 aliphatic heterocycles. The Morgan fingerprint density at radius 3 is 2.56 bits per heavy atom. The standard InChI is InChI=1S/C27H24/c1-19(2)11-12-20(3)22-13-14-24-18-25(16-15-23(24)17-22)27-10-6-8-21-7-4-5-9-26(21)27/h4-12,15-18H,1,3,13-14H2,2H3/b12-11-. The summed E-state index contributed by atoms with van der Waals surface area (Å²) in [6.07, 6.45) is 8.48. The maximum atomic E-state index is 4.23. The molecule has 0 radical (unpaired) electrons. The van der Waals surface area contributed by atoms with E-state index in [1.54, 1.807) is 0 Å². The van der Waals surface area contributed by atoms with Crippen LogP contribution in [0.25, 0.3) is 28.0 Å². The molecule has 0 amide bonds. The van der Waals surface area contributed by atoms with Gasteiger partial charge in [-0.25, -0.2) is 0 Å². The molecule has 27 heavy (non-hydrogen) atoms. The highest BCUT2D eigenvalue weighted by molar-refractivity contribution is 5.96. The predicted octanol–water partition coefficient (Wildman–Crippen LogP) is 7.52. The van der Waals surface area contributed by atoms with Gasteiger partial charge >= 0.3 is 0 Å². The van der Waals surface area contributed by atoms with Crippen LogP contribution in [0, 0.1) is 0 Å². The first-order valence-electron chi connectivity index (χ1n) is 9.46. The average Bonchev–Trinajstić information content (AvgIpc) is 2.70. The van der Waals surface area contributed by atoms with Gasteiger partial charge in [0.1, 0.15) is 0 Å². The van der Waals surface area contributed by atoms with E-state index in [0.29, 0.717) is 0 Å². The third-order valence-corrected chi connectivity index (χ3v) is 5.22. The molecular weight excluding hydrogens is 324 g/mol. The van der Waals surface area contributed by atoms with Gasteiger partial charge in [-0.2, -0.15) is 0 Å². The topological polar surface area (TPSA) is 0 Å². The minimum absolute atomic E-state index is 1.03. The highest BCUT2D eigenvalue weighted by atomic mass is 14.2. The van der Waals surface area contributed by atoms with Crippen LogP contribution < -0.4 is 0 Å². The summed E-state index contributed by atoms with van der Waals surface area (Å²) in [5.41, 5.74) is 8.78. The van der Waals surface area contributed by atoms with Crippen molar-refractivity contribution in [2.45, 2.75) is 19.8 Å². The number of aryl methyl sites for hydroxylation is 1. The van der Waals surface area contributed by atoms with Crippen LogP contribution in [0.15, 0.2) is 103 Å². The van der Waals surface area contributed by atoms with Crippen LogP contribution in [0.4, 0.5) is 0 Å². The van der Waals surface area contributed by atoms with Crippen LogP contribution in [-0.2, 0) is 6.42 Å². The Hall–Kier alpha value is -3.12. The van der Waals surface area contributed by atoms with Crippen LogP contribution >= 0.6 is 0 Å². The van der Waals surface area contributed by atoms with Gasteiger partial charge in [-0.15, -0.1) is 0 Å². The zero-order valence-corrected chi connectivity index (χ0v) is 15.8. The maximum Gasteiger partial charge on any atom is -0.0105 e. The lowest BCUT2D eigenvalue weighted by Gasteiger charge is -2.18. The van der Waals surface area contributed by atoms with E-state index in [1.165, 1.54) is 38.6 Å². The molecule has 0 fully saturated rings. The summed E-state index contributed by atoms with van der Waals surface area (Å²) in [6, 6.07) is 22.0. The summed E-state index contributed by atoms with van der Waals surface area (Å²) in [4.78, 5) is 0. The van der Waals surface area contributed by atoms with Crippen LogP contribution in [0.3, 0.4) is 0 Å². The fourth-order valence-electron chi connectivity index (χ4n) is 3.74. The van der Waals surface area contributed by atoms with Crippen molar-refractivity contribution in [2.75, 3.05) is 0 Å². The number of hydrogen-bond acceptors (Lipinski definition) is 0. The first kappa shape index (κ1) is 17.3. The lowest BCUT2D eigenvalue weighted by Crippen LogP contribution is -2.01. The molecule has 0 spiro atoms. The lowest BCUT2D eigenvalue weighted by molar-refractivity contribution is 0.942. The van der Waals surface area contributed by atoms with Gasteiger partial charge in [0.2, 0.25) is 0 Å². The highest BCUT2D eigenvalue weighted by Gasteiger charge is 2.13. The molecular formula is C27H24. The molecule has 1 aliphatic rings. The second kappa shape index (κ2) is 7.25. The van der Waals surface area contributed by atoms with E-state index in [4.69, 9.17) is 0 Å². The first-order chi connectivity index (χ1) is 13.1. The minimum Gasteiger partial charge on any atom is -0.0961 e. The third-order valence-electron chi connectivity index (χ3n) is 5.22. The van der Waals surface area contributed by atoms with Gasteiger partial charge in [0.05, 0.1) is 0 Å². The Labute approximate surface area is 161 Å². The van der Waals surface area contributed by atoms with E-state index >= 15 is 0 Å². The molecule has 0 bridgehead atoms. The quantitative estimate of drug-likeness (QED) is 0.428. The molecule has 3 aromatic carbocycles. The van der Waals surface area contributed by atoms with Gasteiger partial charge in [0.25, 0.3) is 0 Å². The number of allylic oxidation sites excluding steroid dienone is 5. The third kappa shape index (κ3) is 3.57. The molecule has 0 aromatic heterocycles. The Morgan fingerprint density at radius 1 is 0.889 bits per heavy atom. The van der Waals surface area contributed by atoms with Crippen molar-refractivity contribution in [1.82, 2.24) is 0 Å². The molecule has 0 atom stereocenters. The summed E-state index contributed by atoms with van der Waals surface area (Å²) < 4.78 is 0. The molecule has 4 rings (SSSR count). The van der Waals surface area contributed by atoms with E-state index < -0.39 is 0 Å². The molecule has 0 unspecified atom stereocenters. The molecule has 0 nitrogen and oxygen atoms in total. The Morgan fingerprint density at radius 2 is 1.70 bits per heavy atom. The number of hydrogen-bond donors (Lipinski definition) is 0. The molecule has 1 aliphatic carbocycles. The summed E-state index contributed by atoms with van der Waals surface area (Å²) >= 11 is 0. The Bertz CT molecular complexity index is 1100. The van der Waals surface area contributed by atoms with E-state index in [-0.39, 0.29) is 0 Å². The van der Waals surface area contributed by atoms with Crippen LogP contribution in [-0.4, -0.2) is 0 Å². The summed E-state index contributed by atoms with van der Waals surface area (Å²) in [7, 11) is 0. The molecule has 0 saturated heterocycles. The van der Waals surface area contributed by atoms with Crippen molar-refractivity contribution in [3.63, 3.8) is 0 Å². The molecule has 0 saturated carbocycles. The van der Waals surface area contributed by atoms with E-state index in [0.717, 1.165) is 24.0 Å². The van der Waals surface area contributed by atoms with Crippen molar-refractivity contribution in [1.29, 1.82) is 0 Å². The number of rotatable bonds is 4. The SMILES string of the molecule is C=C(C)/C=C\C(=C)C1=Cc2ccc(-c3cccc4ccccc34)cc2CC1. The lowest BCUT2D eigenvalue weighted by atomic mass is 9.86. The van der Waals surface area contributed by atoms with E-state index in [9.17, 15) is 0 Å². The maximum absolute atomic E-state index is 4.23. The van der Waals surface area contributed by atoms with Crippen LogP contribution in [0.5, 0.6) is 0 Å².